The molecule has 0 unspecified atom stereocenters. The summed E-state index contributed by atoms with van der Waals surface area (Å²) in [6, 6.07) is 7.98. The molecule has 0 spiro atoms. The second-order valence-corrected chi connectivity index (χ2v) is 7.65. The Morgan fingerprint density at radius 2 is 2.04 bits per heavy atom. The number of rotatable bonds is 4. The number of piperidine rings is 1. The Hall–Kier alpha value is -1.84. The SMILES string of the molecule is COc1cccc([C@@]23CCCC[C@H]2C(=O)N(CC2CC2)C(=O)C3)c1. The van der Waals surface area contributed by atoms with Crippen LogP contribution in [0, 0.1) is 11.8 Å². The van der Waals surface area contributed by atoms with E-state index in [0.717, 1.165) is 49.8 Å². The Morgan fingerprint density at radius 1 is 1.21 bits per heavy atom. The summed E-state index contributed by atoms with van der Waals surface area (Å²) >= 11 is 0. The van der Waals surface area contributed by atoms with Crippen LogP contribution in [0.2, 0.25) is 0 Å². The predicted molar refractivity (Wildman–Crippen MR) is 90.7 cm³/mol. The maximum absolute atomic E-state index is 13.1. The second-order valence-electron chi connectivity index (χ2n) is 7.65. The van der Waals surface area contributed by atoms with Crippen molar-refractivity contribution in [3.63, 3.8) is 0 Å². The molecule has 4 rings (SSSR count). The quantitative estimate of drug-likeness (QED) is 0.797. The molecule has 2 saturated carbocycles. The number of amides is 2. The minimum atomic E-state index is -0.332. The Bertz CT molecular complexity index is 667. The van der Waals surface area contributed by atoms with E-state index in [4.69, 9.17) is 4.74 Å². The van der Waals surface area contributed by atoms with Crippen LogP contribution in [0.15, 0.2) is 24.3 Å². The van der Waals surface area contributed by atoms with Crippen LogP contribution >= 0.6 is 0 Å². The van der Waals surface area contributed by atoms with E-state index >= 15 is 0 Å². The van der Waals surface area contributed by atoms with Crippen molar-refractivity contribution < 1.29 is 14.3 Å². The minimum Gasteiger partial charge on any atom is -0.497 e. The van der Waals surface area contributed by atoms with E-state index in [1.165, 1.54) is 0 Å². The zero-order chi connectivity index (χ0) is 16.7. The Balaban J connectivity index is 1.71. The number of methoxy groups -OCH3 is 1. The van der Waals surface area contributed by atoms with Gasteiger partial charge in [-0.05, 0) is 49.3 Å². The minimum absolute atomic E-state index is 0.0212. The highest BCUT2D eigenvalue weighted by Gasteiger charge is 2.53. The number of imide groups is 1. The average Bonchev–Trinajstić information content (AvgIpc) is 3.43. The number of benzene rings is 1. The van der Waals surface area contributed by atoms with Crippen LogP contribution in [-0.4, -0.2) is 30.4 Å². The van der Waals surface area contributed by atoms with Crippen molar-refractivity contribution in [1.82, 2.24) is 4.90 Å². The third-order valence-electron chi connectivity index (χ3n) is 6.15. The van der Waals surface area contributed by atoms with Crippen molar-refractivity contribution in [3.05, 3.63) is 29.8 Å². The lowest BCUT2D eigenvalue weighted by Gasteiger charge is -2.49. The first-order chi connectivity index (χ1) is 11.6. The van der Waals surface area contributed by atoms with Crippen molar-refractivity contribution in [2.45, 2.75) is 50.4 Å². The van der Waals surface area contributed by atoms with Crippen LogP contribution in [0.25, 0.3) is 0 Å². The van der Waals surface area contributed by atoms with Gasteiger partial charge in [0.2, 0.25) is 11.8 Å². The van der Waals surface area contributed by atoms with Crippen LogP contribution in [0.4, 0.5) is 0 Å². The Kier molecular flexibility index (Phi) is 3.86. The van der Waals surface area contributed by atoms with Crippen molar-refractivity contribution in [2.75, 3.05) is 13.7 Å². The topological polar surface area (TPSA) is 46.6 Å². The molecule has 0 N–H and O–H groups in total. The van der Waals surface area contributed by atoms with Crippen LogP contribution in [-0.2, 0) is 15.0 Å². The zero-order valence-electron chi connectivity index (χ0n) is 14.3. The number of nitrogens with zero attached hydrogens (tertiary/aromatic N) is 1. The summed E-state index contributed by atoms with van der Waals surface area (Å²) in [6.45, 7) is 0.641. The van der Waals surface area contributed by atoms with Gasteiger partial charge in [0.1, 0.15) is 5.75 Å². The summed E-state index contributed by atoms with van der Waals surface area (Å²) < 4.78 is 5.38. The molecule has 1 aliphatic heterocycles. The molecule has 0 radical (unpaired) electrons. The first kappa shape index (κ1) is 15.7. The average molecular weight is 327 g/mol. The lowest BCUT2D eigenvalue weighted by molar-refractivity contribution is -0.158. The number of hydrogen-bond acceptors (Lipinski definition) is 3. The molecular weight excluding hydrogens is 302 g/mol. The number of carbonyl (C=O) groups is 2. The van der Waals surface area contributed by atoms with Gasteiger partial charge in [0, 0.05) is 24.3 Å². The van der Waals surface area contributed by atoms with E-state index in [1.54, 1.807) is 12.0 Å². The molecule has 24 heavy (non-hydrogen) atoms. The maximum Gasteiger partial charge on any atom is 0.233 e. The molecule has 0 bridgehead atoms. The molecule has 1 saturated heterocycles. The highest BCUT2D eigenvalue weighted by atomic mass is 16.5. The molecule has 4 heteroatoms. The van der Waals surface area contributed by atoms with Gasteiger partial charge in [-0.25, -0.2) is 0 Å². The molecule has 3 fully saturated rings. The van der Waals surface area contributed by atoms with E-state index in [1.807, 2.05) is 18.2 Å². The normalized spacial score (nSPS) is 30.2. The van der Waals surface area contributed by atoms with Gasteiger partial charge in [-0.3, -0.25) is 14.5 Å². The summed E-state index contributed by atoms with van der Waals surface area (Å²) in [4.78, 5) is 27.5. The fraction of sp³-hybridized carbons (Fsp3) is 0.600. The molecule has 1 aromatic carbocycles. The Labute approximate surface area is 143 Å². The van der Waals surface area contributed by atoms with Crippen LogP contribution in [0.3, 0.4) is 0 Å². The van der Waals surface area contributed by atoms with E-state index in [2.05, 4.69) is 6.07 Å². The summed E-state index contributed by atoms with van der Waals surface area (Å²) in [7, 11) is 1.66. The van der Waals surface area contributed by atoms with Crippen molar-refractivity contribution in [3.8, 4) is 5.75 Å². The standard InChI is InChI=1S/C20H25NO3/c1-24-16-6-4-5-15(11-16)20-10-3-2-7-17(20)19(23)21(18(22)12-20)13-14-8-9-14/h4-6,11,14,17H,2-3,7-10,12-13H2,1H3/t17-,20-/m0/s1. The van der Waals surface area contributed by atoms with Gasteiger partial charge >= 0.3 is 0 Å². The first-order valence-corrected chi connectivity index (χ1v) is 9.13. The second kappa shape index (κ2) is 5.91. The van der Waals surface area contributed by atoms with Crippen molar-refractivity contribution in [2.24, 2.45) is 11.8 Å². The van der Waals surface area contributed by atoms with Gasteiger partial charge in [0.15, 0.2) is 0 Å². The number of carbonyl (C=O) groups excluding carboxylic acids is 2. The molecule has 1 aromatic rings. The van der Waals surface area contributed by atoms with E-state index in [-0.39, 0.29) is 23.1 Å². The van der Waals surface area contributed by atoms with Gasteiger partial charge in [0.05, 0.1) is 7.11 Å². The van der Waals surface area contributed by atoms with Crippen molar-refractivity contribution in [1.29, 1.82) is 0 Å². The predicted octanol–water partition coefficient (Wildman–Crippen LogP) is 3.29. The first-order valence-electron chi connectivity index (χ1n) is 9.13. The van der Waals surface area contributed by atoms with Gasteiger partial charge in [0.25, 0.3) is 0 Å². The van der Waals surface area contributed by atoms with Gasteiger partial charge in [-0.1, -0.05) is 25.0 Å². The third-order valence-corrected chi connectivity index (χ3v) is 6.15. The molecule has 2 atom stereocenters. The monoisotopic (exact) mass is 327 g/mol. The van der Waals surface area contributed by atoms with Crippen LogP contribution in [0.1, 0.15) is 50.5 Å². The lowest BCUT2D eigenvalue weighted by atomic mass is 9.58. The molecule has 128 valence electrons. The molecule has 2 aliphatic carbocycles. The van der Waals surface area contributed by atoms with Crippen molar-refractivity contribution >= 4 is 11.8 Å². The molecule has 0 aromatic heterocycles. The molecule has 3 aliphatic rings. The van der Waals surface area contributed by atoms with Gasteiger partial charge < -0.3 is 4.74 Å². The largest absolute Gasteiger partial charge is 0.497 e. The van der Waals surface area contributed by atoms with E-state index < -0.39 is 0 Å². The highest BCUT2D eigenvalue weighted by Crippen LogP contribution is 2.50. The number of fused-ring (bicyclic) bond motifs is 1. The van der Waals surface area contributed by atoms with Gasteiger partial charge in [-0.2, -0.15) is 0 Å². The third kappa shape index (κ3) is 2.52. The summed E-state index contributed by atoms with van der Waals surface area (Å²) in [6.07, 6.45) is 6.74. The molecule has 4 nitrogen and oxygen atoms in total. The lowest BCUT2D eigenvalue weighted by Crippen LogP contribution is -2.57. The van der Waals surface area contributed by atoms with Crippen LogP contribution in [0.5, 0.6) is 5.75 Å². The zero-order valence-corrected chi connectivity index (χ0v) is 14.3. The van der Waals surface area contributed by atoms with Crippen LogP contribution < -0.4 is 4.74 Å². The smallest absolute Gasteiger partial charge is 0.233 e. The fourth-order valence-corrected chi connectivity index (χ4v) is 4.62. The van der Waals surface area contributed by atoms with E-state index in [0.29, 0.717) is 18.9 Å². The molecule has 2 amide bonds. The number of ether oxygens (including phenoxy) is 1. The number of hydrogen-bond donors (Lipinski definition) is 0. The molecule has 1 heterocycles. The maximum atomic E-state index is 13.1. The summed E-state index contributed by atoms with van der Waals surface area (Å²) in [5.74, 6) is 1.38. The fourth-order valence-electron chi connectivity index (χ4n) is 4.62. The van der Waals surface area contributed by atoms with E-state index in [9.17, 15) is 9.59 Å². The Morgan fingerprint density at radius 3 is 2.79 bits per heavy atom. The highest BCUT2D eigenvalue weighted by molar-refractivity contribution is 6.01. The number of likely N-dealkylation sites (tertiary alicyclic amines) is 1. The summed E-state index contributed by atoms with van der Waals surface area (Å²) in [5.41, 5.74) is 0.764. The van der Waals surface area contributed by atoms with Gasteiger partial charge in [-0.15, -0.1) is 0 Å². The molecular formula is C20H25NO3. The summed E-state index contributed by atoms with van der Waals surface area (Å²) in [5, 5.41) is 0.